The van der Waals surface area contributed by atoms with Gasteiger partial charge in [-0.25, -0.2) is 0 Å². The zero-order chi connectivity index (χ0) is 15.5. The maximum Gasteiger partial charge on any atom is 0.303 e. The van der Waals surface area contributed by atoms with Gasteiger partial charge in [-0.2, -0.15) is 0 Å². The molecule has 114 valence electrons. The molecular formula is C15H18O5S. The number of ether oxygens (including phenoxy) is 3. The van der Waals surface area contributed by atoms with Gasteiger partial charge in [0.25, 0.3) is 0 Å². The highest BCUT2D eigenvalue weighted by molar-refractivity contribution is 7.81. The van der Waals surface area contributed by atoms with E-state index in [1.54, 1.807) is 0 Å². The van der Waals surface area contributed by atoms with E-state index in [-0.39, 0.29) is 6.61 Å². The molecule has 0 N–H and O–H groups in total. The van der Waals surface area contributed by atoms with Gasteiger partial charge in [0.15, 0.2) is 6.10 Å². The zero-order valence-corrected chi connectivity index (χ0v) is 12.8. The third-order valence-corrected chi connectivity index (χ3v) is 3.81. The monoisotopic (exact) mass is 310 g/mol. The van der Waals surface area contributed by atoms with Crippen LogP contribution in [0.1, 0.15) is 25.8 Å². The van der Waals surface area contributed by atoms with Crippen molar-refractivity contribution in [1.29, 1.82) is 0 Å². The average molecular weight is 310 g/mol. The lowest BCUT2D eigenvalue weighted by atomic mass is 9.96. The lowest BCUT2D eigenvalue weighted by Crippen LogP contribution is -2.48. The molecule has 1 saturated heterocycles. The summed E-state index contributed by atoms with van der Waals surface area (Å²) in [5.74, 6) is -0.866. The van der Waals surface area contributed by atoms with Gasteiger partial charge in [0.2, 0.25) is 0 Å². The first kappa shape index (κ1) is 15.9. The maximum atomic E-state index is 11.3. The first-order chi connectivity index (χ1) is 9.90. The lowest BCUT2D eigenvalue weighted by Gasteiger charge is -2.40. The highest BCUT2D eigenvalue weighted by Gasteiger charge is 2.44. The Morgan fingerprint density at radius 3 is 2.29 bits per heavy atom. The summed E-state index contributed by atoms with van der Waals surface area (Å²) in [6.45, 7) is 2.75. The second-order valence-corrected chi connectivity index (χ2v) is 5.68. The molecule has 6 heteroatoms. The van der Waals surface area contributed by atoms with Crippen molar-refractivity contribution in [1.82, 2.24) is 0 Å². The molecule has 0 bridgehead atoms. The molecule has 0 amide bonds. The average Bonchev–Trinajstić information content (AvgIpc) is 2.42. The van der Waals surface area contributed by atoms with E-state index in [1.165, 1.54) is 13.8 Å². The number of carbonyl (C=O) groups excluding carboxylic acids is 2. The Morgan fingerprint density at radius 1 is 1.14 bits per heavy atom. The van der Waals surface area contributed by atoms with Crippen LogP contribution >= 0.6 is 12.6 Å². The fraction of sp³-hybridized carbons (Fsp3) is 0.467. The maximum absolute atomic E-state index is 11.3. The van der Waals surface area contributed by atoms with Crippen molar-refractivity contribution in [2.24, 2.45) is 0 Å². The summed E-state index contributed by atoms with van der Waals surface area (Å²) < 4.78 is 16.2. The molecule has 0 spiro atoms. The molecule has 0 saturated carbocycles. The van der Waals surface area contributed by atoms with Gasteiger partial charge in [0, 0.05) is 20.3 Å². The van der Waals surface area contributed by atoms with E-state index in [4.69, 9.17) is 14.2 Å². The van der Waals surface area contributed by atoms with Crippen LogP contribution in [0.4, 0.5) is 0 Å². The van der Waals surface area contributed by atoms with Crippen LogP contribution in [0.15, 0.2) is 30.3 Å². The van der Waals surface area contributed by atoms with Crippen LogP contribution in [0.25, 0.3) is 0 Å². The first-order valence-corrected chi connectivity index (χ1v) is 7.12. The second-order valence-electron chi connectivity index (χ2n) is 4.96. The van der Waals surface area contributed by atoms with Crippen LogP contribution in [-0.4, -0.2) is 30.8 Å². The lowest BCUT2D eigenvalue weighted by molar-refractivity contribution is -0.192. The van der Waals surface area contributed by atoms with Crippen LogP contribution in [0.3, 0.4) is 0 Å². The molecule has 0 aliphatic carbocycles. The highest BCUT2D eigenvalue weighted by atomic mass is 32.1. The van der Waals surface area contributed by atoms with Crippen molar-refractivity contribution < 1.29 is 23.8 Å². The SMILES string of the molecule is CC(=O)O[C@H]1COC(S)(c2ccccc2)C[C@H]1OC(C)=O. The summed E-state index contributed by atoms with van der Waals surface area (Å²) in [5.41, 5.74) is 0.867. The number of thiol groups is 1. The predicted molar refractivity (Wildman–Crippen MR) is 78.8 cm³/mol. The van der Waals surface area contributed by atoms with Gasteiger partial charge in [-0.1, -0.05) is 30.3 Å². The summed E-state index contributed by atoms with van der Waals surface area (Å²) in [6.07, 6.45) is -0.897. The predicted octanol–water partition coefficient (Wildman–Crippen LogP) is 2.05. The standard InChI is InChI=1S/C15H18O5S/c1-10(16)19-13-8-15(21,12-6-4-3-5-7-12)18-9-14(13)20-11(2)17/h3-7,13-14,21H,8-9H2,1-2H3/t13-,14+,15?/m1/s1. The van der Waals surface area contributed by atoms with Crippen LogP contribution in [-0.2, 0) is 28.7 Å². The molecule has 21 heavy (non-hydrogen) atoms. The molecule has 1 fully saturated rings. The highest BCUT2D eigenvalue weighted by Crippen LogP contribution is 2.40. The number of hydrogen-bond acceptors (Lipinski definition) is 6. The molecule has 3 atom stereocenters. The van der Waals surface area contributed by atoms with Gasteiger partial charge >= 0.3 is 11.9 Å². The van der Waals surface area contributed by atoms with Crippen LogP contribution in [0.2, 0.25) is 0 Å². The van der Waals surface area contributed by atoms with Crippen LogP contribution < -0.4 is 0 Å². The minimum Gasteiger partial charge on any atom is -0.458 e. The minimum absolute atomic E-state index is 0.121. The Kier molecular flexibility index (Phi) is 4.90. The van der Waals surface area contributed by atoms with Crippen LogP contribution in [0, 0.1) is 0 Å². The minimum atomic E-state index is -0.877. The number of benzene rings is 1. The van der Waals surface area contributed by atoms with E-state index in [9.17, 15) is 9.59 Å². The molecule has 0 radical (unpaired) electrons. The number of hydrogen-bond donors (Lipinski definition) is 1. The third-order valence-electron chi connectivity index (χ3n) is 3.24. The third kappa shape index (κ3) is 3.98. The van der Waals surface area contributed by atoms with Gasteiger partial charge in [-0.15, -0.1) is 12.6 Å². The summed E-state index contributed by atoms with van der Waals surface area (Å²) >= 11 is 4.60. The normalized spacial score (nSPS) is 28.7. The molecule has 1 heterocycles. The quantitative estimate of drug-likeness (QED) is 0.684. The van der Waals surface area contributed by atoms with E-state index in [1.807, 2.05) is 30.3 Å². The summed E-state index contributed by atoms with van der Waals surface area (Å²) in [6, 6.07) is 9.45. The fourth-order valence-electron chi connectivity index (χ4n) is 2.34. The van der Waals surface area contributed by atoms with Gasteiger partial charge in [-0.05, 0) is 5.56 Å². The van der Waals surface area contributed by atoms with Gasteiger partial charge in [-0.3, -0.25) is 9.59 Å². The van der Waals surface area contributed by atoms with E-state index < -0.39 is 29.1 Å². The van der Waals surface area contributed by atoms with Crippen molar-refractivity contribution in [3.63, 3.8) is 0 Å². The molecule has 1 unspecified atom stereocenters. The Hall–Kier alpha value is -1.53. The van der Waals surface area contributed by atoms with Crippen LogP contribution in [0.5, 0.6) is 0 Å². The van der Waals surface area contributed by atoms with Crippen molar-refractivity contribution in [3.05, 3.63) is 35.9 Å². The van der Waals surface area contributed by atoms with Crippen molar-refractivity contribution in [2.45, 2.75) is 37.4 Å². The zero-order valence-electron chi connectivity index (χ0n) is 11.9. The Balaban J connectivity index is 2.19. The summed E-state index contributed by atoms with van der Waals surface area (Å²) in [5, 5.41) is 0. The van der Waals surface area contributed by atoms with Gasteiger partial charge in [0.05, 0.1) is 6.61 Å². The largest absolute Gasteiger partial charge is 0.458 e. The smallest absolute Gasteiger partial charge is 0.303 e. The van der Waals surface area contributed by atoms with Gasteiger partial charge in [0.1, 0.15) is 11.0 Å². The van der Waals surface area contributed by atoms with E-state index >= 15 is 0 Å². The van der Waals surface area contributed by atoms with E-state index in [2.05, 4.69) is 12.6 Å². The fourth-order valence-corrected chi connectivity index (χ4v) is 2.75. The Labute approximate surface area is 129 Å². The van der Waals surface area contributed by atoms with Crippen molar-refractivity contribution in [3.8, 4) is 0 Å². The molecule has 1 aliphatic heterocycles. The van der Waals surface area contributed by atoms with Gasteiger partial charge < -0.3 is 14.2 Å². The number of carbonyl (C=O) groups is 2. The molecule has 5 nitrogen and oxygen atoms in total. The van der Waals surface area contributed by atoms with Crippen molar-refractivity contribution in [2.75, 3.05) is 6.61 Å². The molecule has 1 aliphatic rings. The summed E-state index contributed by atoms with van der Waals surface area (Å²) in [7, 11) is 0. The molecule has 1 aromatic carbocycles. The second kappa shape index (κ2) is 6.49. The topological polar surface area (TPSA) is 61.8 Å². The van der Waals surface area contributed by atoms with E-state index in [0.29, 0.717) is 6.42 Å². The molecule has 2 rings (SSSR count). The van der Waals surface area contributed by atoms with E-state index in [0.717, 1.165) is 5.56 Å². The Morgan fingerprint density at radius 2 is 1.71 bits per heavy atom. The summed E-state index contributed by atoms with van der Waals surface area (Å²) in [4.78, 5) is 21.5. The first-order valence-electron chi connectivity index (χ1n) is 6.67. The number of esters is 2. The molecular weight excluding hydrogens is 292 g/mol. The number of rotatable bonds is 3. The molecule has 0 aromatic heterocycles. The van der Waals surface area contributed by atoms with Crippen molar-refractivity contribution >= 4 is 24.6 Å². The molecule has 1 aromatic rings. The Bertz CT molecular complexity index is 518.